The molecule has 0 N–H and O–H groups in total. The van der Waals surface area contributed by atoms with E-state index in [0.29, 0.717) is 27.6 Å². The largest absolute Gasteiger partial charge is 0.497 e. The van der Waals surface area contributed by atoms with Crippen LogP contribution in [0.4, 0.5) is 0 Å². The molecule has 0 saturated carbocycles. The van der Waals surface area contributed by atoms with Gasteiger partial charge in [0.1, 0.15) is 5.75 Å². The van der Waals surface area contributed by atoms with E-state index in [1.165, 1.54) is 0 Å². The minimum atomic E-state index is -0.166. The second-order valence-corrected chi connectivity index (χ2v) is 6.62. The fourth-order valence-electron chi connectivity index (χ4n) is 3.08. The van der Waals surface area contributed by atoms with Gasteiger partial charge in [0, 0.05) is 40.2 Å². The van der Waals surface area contributed by atoms with Gasteiger partial charge in [-0.2, -0.15) is 0 Å². The maximum absolute atomic E-state index is 13.3. The smallest absolute Gasteiger partial charge is 0.263 e. The number of methoxy groups -OCH3 is 1. The Balaban J connectivity index is 2.01. The first-order valence-electron chi connectivity index (χ1n) is 8.75. The Bertz CT molecular complexity index is 1190. The van der Waals surface area contributed by atoms with E-state index in [9.17, 15) is 4.79 Å². The van der Waals surface area contributed by atoms with Crippen molar-refractivity contribution in [1.82, 2.24) is 9.55 Å². The topological polar surface area (TPSA) is 44.1 Å². The van der Waals surface area contributed by atoms with E-state index in [2.05, 4.69) is 4.98 Å². The second-order valence-electron chi connectivity index (χ2n) is 6.21. The molecule has 0 radical (unpaired) electrons. The lowest BCUT2D eigenvalue weighted by molar-refractivity contribution is 0.414. The molecule has 0 aliphatic rings. The molecule has 2 aromatic heterocycles. The van der Waals surface area contributed by atoms with E-state index < -0.39 is 0 Å². The lowest BCUT2D eigenvalue weighted by Gasteiger charge is -2.13. The van der Waals surface area contributed by atoms with Gasteiger partial charge in [0.05, 0.1) is 18.5 Å². The van der Waals surface area contributed by atoms with Crippen LogP contribution in [0.2, 0.25) is 5.02 Å². The molecule has 0 bridgehead atoms. The van der Waals surface area contributed by atoms with Crippen molar-refractivity contribution in [3.05, 3.63) is 101 Å². The molecule has 0 amide bonds. The molecule has 0 spiro atoms. The van der Waals surface area contributed by atoms with Crippen molar-refractivity contribution in [1.29, 1.82) is 0 Å². The average Bonchev–Trinajstić information content (AvgIpc) is 2.75. The van der Waals surface area contributed by atoms with Crippen molar-refractivity contribution in [2.75, 3.05) is 7.11 Å². The van der Waals surface area contributed by atoms with Gasteiger partial charge in [-0.3, -0.25) is 14.3 Å². The SMILES string of the molecule is COc1cccc(-n2cc(-c3ccccn3)cc(-c3ccccc3Cl)c2=O)c1. The average molecular weight is 389 g/mol. The molecule has 0 aliphatic carbocycles. The van der Waals surface area contributed by atoms with Gasteiger partial charge in [-0.05, 0) is 36.4 Å². The summed E-state index contributed by atoms with van der Waals surface area (Å²) in [6.45, 7) is 0. The summed E-state index contributed by atoms with van der Waals surface area (Å²) in [5, 5.41) is 0.523. The summed E-state index contributed by atoms with van der Waals surface area (Å²) in [7, 11) is 1.60. The van der Waals surface area contributed by atoms with Crippen molar-refractivity contribution in [2.45, 2.75) is 0 Å². The molecule has 5 heteroatoms. The second kappa shape index (κ2) is 7.71. The van der Waals surface area contributed by atoms with Crippen LogP contribution in [0.3, 0.4) is 0 Å². The summed E-state index contributed by atoms with van der Waals surface area (Å²) in [4.78, 5) is 17.8. The van der Waals surface area contributed by atoms with Crippen LogP contribution in [0.15, 0.2) is 90.0 Å². The molecular formula is C23H17ClN2O2. The van der Waals surface area contributed by atoms with Gasteiger partial charge in [0.15, 0.2) is 0 Å². The molecule has 2 heterocycles. The van der Waals surface area contributed by atoms with Crippen molar-refractivity contribution in [2.24, 2.45) is 0 Å². The predicted molar refractivity (Wildman–Crippen MR) is 112 cm³/mol. The molecule has 0 unspecified atom stereocenters. The van der Waals surface area contributed by atoms with Crippen molar-refractivity contribution in [3.63, 3.8) is 0 Å². The number of pyridine rings is 2. The third kappa shape index (κ3) is 3.42. The van der Waals surface area contributed by atoms with Crippen LogP contribution in [-0.4, -0.2) is 16.7 Å². The number of aromatic nitrogens is 2. The Kier molecular flexibility index (Phi) is 4.96. The molecule has 138 valence electrons. The zero-order valence-corrected chi connectivity index (χ0v) is 15.9. The third-order valence-corrected chi connectivity index (χ3v) is 4.80. The lowest BCUT2D eigenvalue weighted by atomic mass is 10.0. The number of hydrogen-bond acceptors (Lipinski definition) is 3. The van der Waals surface area contributed by atoms with Gasteiger partial charge in [0.2, 0.25) is 0 Å². The number of benzene rings is 2. The van der Waals surface area contributed by atoms with E-state index in [4.69, 9.17) is 16.3 Å². The standard InChI is InChI=1S/C23H17ClN2O2/c1-28-18-8-6-7-17(14-18)26-15-16(22-11-4-5-12-25-22)13-20(23(26)27)19-9-2-3-10-21(19)24/h2-15H,1H3. The molecule has 0 atom stereocenters. The fourth-order valence-corrected chi connectivity index (χ4v) is 3.32. The lowest BCUT2D eigenvalue weighted by Crippen LogP contribution is -2.20. The van der Waals surface area contributed by atoms with E-state index in [0.717, 1.165) is 11.3 Å². The number of nitrogens with zero attached hydrogens (tertiary/aromatic N) is 2. The molecule has 0 aliphatic heterocycles. The van der Waals surface area contributed by atoms with Crippen LogP contribution in [-0.2, 0) is 0 Å². The Labute approximate surface area is 167 Å². The predicted octanol–water partition coefficient (Wildman–Crippen LogP) is 5.23. The first-order chi connectivity index (χ1) is 13.7. The minimum Gasteiger partial charge on any atom is -0.497 e. The summed E-state index contributed by atoms with van der Waals surface area (Å²) in [5.74, 6) is 0.673. The quantitative estimate of drug-likeness (QED) is 0.481. The minimum absolute atomic E-state index is 0.166. The molecular weight excluding hydrogens is 372 g/mol. The van der Waals surface area contributed by atoms with Gasteiger partial charge in [-0.15, -0.1) is 0 Å². The van der Waals surface area contributed by atoms with Crippen LogP contribution >= 0.6 is 11.6 Å². The molecule has 0 fully saturated rings. The van der Waals surface area contributed by atoms with Crippen LogP contribution in [0.1, 0.15) is 0 Å². The molecule has 2 aromatic carbocycles. The molecule has 4 aromatic rings. The molecule has 28 heavy (non-hydrogen) atoms. The highest BCUT2D eigenvalue weighted by Crippen LogP contribution is 2.29. The fraction of sp³-hybridized carbons (Fsp3) is 0.0435. The summed E-state index contributed by atoms with van der Waals surface area (Å²) in [6.07, 6.45) is 3.52. The van der Waals surface area contributed by atoms with Gasteiger partial charge < -0.3 is 4.74 Å². The van der Waals surface area contributed by atoms with Gasteiger partial charge in [0.25, 0.3) is 5.56 Å². The molecule has 4 nitrogen and oxygen atoms in total. The first kappa shape index (κ1) is 18.0. The highest BCUT2D eigenvalue weighted by atomic mass is 35.5. The maximum atomic E-state index is 13.3. The normalized spacial score (nSPS) is 10.6. The van der Waals surface area contributed by atoms with E-state index >= 15 is 0 Å². The zero-order chi connectivity index (χ0) is 19.5. The van der Waals surface area contributed by atoms with Crippen LogP contribution in [0.5, 0.6) is 5.75 Å². The van der Waals surface area contributed by atoms with E-state index in [1.807, 2.05) is 66.7 Å². The van der Waals surface area contributed by atoms with E-state index in [-0.39, 0.29) is 5.56 Å². The first-order valence-corrected chi connectivity index (χ1v) is 9.12. The summed E-state index contributed by atoms with van der Waals surface area (Å²) in [5.41, 5.74) is 3.32. The van der Waals surface area contributed by atoms with Crippen molar-refractivity contribution in [3.8, 4) is 33.8 Å². The molecule has 0 saturated heterocycles. The summed E-state index contributed by atoms with van der Waals surface area (Å²) in [6, 6.07) is 22.2. The zero-order valence-electron chi connectivity index (χ0n) is 15.2. The third-order valence-electron chi connectivity index (χ3n) is 4.47. The number of rotatable bonds is 4. The Morgan fingerprint density at radius 3 is 2.50 bits per heavy atom. The Morgan fingerprint density at radius 1 is 0.929 bits per heavy atom. The number of halogens is 1. The van der Waals surface area contributed by atoms with Crippen molar-refractivity contribution >= 4 is 11.6 Å². The number of ether oxygens (including phenoxy) is 1. The summed E-state index contributed by atoms with van der Waals surface area (Å²) < 4.78 is 6.92. The van der Waals surface area contributed by atoms with Gasteiger partial charge in [-0.25, -0.2) is 0 Å². The Morgan fingerprint density at radius 2 is 1.75 bits per heavy atom. The van der Waals surface area contributed by atoms with Gasteiger partial charge >= 0.3 is 0 Å². The van der Waals surface area contributed by atoms with Crippen LogP contribution in [0, 0.1) is 0 Å². The van der Waals surface area contributed by atoms with Crippen molar-refractivity contribution < 1.29 is 4.74 Å². The van der Waals surface area contributed by atoms with E-state index in [1.54, 1.807) is 30.1 Å². The monoisotopic (exact) mass is 388 g/mol. The molecule has 4 rings (SSSR count). The summed E-state index contributed by atoms with van der Waals surface area (Å²) >= 11 is 6.39. The van der Waals surface area contributed by atoms with Crippen LogP contribution in [0.25, 0.3) is 28.1 Å². The highest BCUT2D eigenvalue weighted by Gasteiger charge is 2.14. The Hall–Kier alpha value is -3.37. The highest BCUT2D eigenvalue weighted by molar-refractivity contribution is 6.33. The van der Waals surface area contributed by atoms with Gasteiger partial charge in [-0.1, -0.05) is 41.9 Å². The van der Waals surface area contributed by atoms with Crippen LogP contribution < -0.4 is 10.3 Å². The maximum Gasteiger partial charge on any atom is 0.263 e. The number of hydrogen-bond donors (Lipinski definition) is 0.